The van der Waals surface area contributed by atoms with Crippen LogP contribution in [0.3, 0.4) is 0 Å². The van der Waals surface area contributed by atoms with Crippen LogP contribution in [-0.4, -0.2) is 35.2 Å². The van der Waals surface area contributed by atoms with Crippen molar-refractivity contribution < 1.29 is 19.4 Å². The van der Waals surface area contributed by atoms with Gasteiger partial charge in [-0.25, -0.2) is 0 Å². The van der Waals surface area contributed by atoms with Crippen LogP contribution in [0.1, 0.15) is 40.0 Å². The Balaban J connectivity index is 2.35. The fourth-order valence-corrected chi connectivity index (χ4v) is 2.05. The maximum absolute atomic E-state index is 11.5. The summed E-state index contributed by atoms with van der Waals surface area (Å²) in [4.78, 5) is 22.4. The molecule has 1 heterocycles. The topological polar surface area (TPSA) is 75.6 Å². The molecular weight excluding hydrogens is 222 g/mol. The Kier molecular flexibility index (Phi) is 4.51. The molecule has 0 spiro atoms. The number of carboxylic acid groups (broad SMARTS) is 1. The summed E-state index contributed by atoms with van der Waals surface area (Å²) < 4.78 is 5.19. The summed E-state index contributed by atoms with van der Waals surface area (Å²) in [6.45, 7) is 6.17. The lowest BCUT2D eigenvalue weighted by atomic mass is 9.95. The molecule has 1 aliphatic heterocycles. The molecule has 0 amide bonds. The highest BCUT2D eigenvalue weighted by Crippen LogP contribution is 2.22. The van der Waals surface area contributed by atoms with E-state index < -0.39 is 17.6 Å². The maximum Gasteiger partial charge on any atom is 0.320 e. The zero-order chi connectivity index (χ0) is 13.1. The van der Waals surface area contributed by atoms with Crippen LogP contribution in [-0.2, 0) is 14.3 Å². The van der Waals surface area contributed by atoms with Crippen molar-refractivity contribution in [3.63, 3.8) is 0 Å². The van der Waals surface area contributed by atoms with Gasteiger partial charge in [-0.1, -0.05) is 0 Å². The van der Waals surface area contributed by atoms with Crippen LogP contribution in [0, 0.1) is 5.92 Å². The standard InChI is InChI=1S/C12H21NO4/c1-12(2,3)17-9(14)5-4-8-6-7-13-10(8)11(15)16/h8,10,13H,4-7H2,1-3H3,(H,15,16)/t8-,10+/m1/s1. The van der Waals surface area contributed by atoms with E-state index in [1.165, 1.54) is 0 Å². The van der Waals surface area contributed by atoms with Crippen molar-refractivity contribution in [1.29, 1.82) is 0 Å². The second kappa shape index (κ2) is 5.49. The number of nitrogens with one attached hydrogen (secondary N) is 1. The Morgan fingerprint density at radius 2 is 2.06 bits per heavy atom. The summed E-state index contributed by atoms with van der Waals surface area (Å²) in [6.07, 6.45) is 1.66. The predicted molar refractivity (Wildman–Crippen MR) is 62.6 cm³/mol. The Morgan fingerprint density at radius 1 is 1.41 bits per heavy atom. The third-order valence-corrected chi connectivity index (χ3v) is 2.76. The first-order chi connectivity index (χ1) is 7.79. The molecule has 0 aromatic rings. The van der Waals surface area contributed by atoms with Gasteiger partial charge in [-0.05, 0) is 46.1 Å². The average molecular weight is 243 g/mol. The Morgan fingerprint density at radius 3 is 2.59 bits per heavy atom. The smallest absolute Gasteiger partial charge is 0.320 e. The minimum Gasteiger partial charge on any atom is -0.480 e. The Bertz CT molecular complexity index is 295. The minimum atomic E-state index is -0.836. The van der Waals surface area contributed by atoms with Crippen LogP contribution in [0.2, 0.25) is 0 Å². The third-order valence-electron chi connectivity index (χ3n) is 2.76. The monoisotopic (exact) mass is 243 g/mol. The van der Waals surface area contributed by atoms with Gasteiger partial charge in [0.15, 0.2) is 0 Å². The van der Waals surface area contributed by atoms with Crippen LogP contribution >= 0.6 is 0 Å². The molecule has 17 heavy (non-hydrogen) atoms. The highest BCUT2D eigenvalue weighted by Gasteiger charge is 2.32. The molecule has 98 valence electrons. The van der Waals surface area contributed by atoms with Gasteiger partial charge in [-0.2, -0.15) is 0 Å². The number of aliphatic carboxylic acids is 1. The van der Waals surface area contributed by atoms with E-state index in [-0.39, 0.29) is 18.3 Å². The fraction of sp³-hybridized carbons (Fsp3) is 0.833. The zero-order valence-electron chi connectivity index (χ0n) is 10.7. The van der Waals surface area contributed by atoms with Crippen LogP contribution in [0.4, 0.5) is 0 Å². The normalized spacial score (nSPS) is 24.6. The van der Waals surface area contributed by atoms with Crippen LogP contribution in [0.15, 0.2) is 0 Å². The second-order valence-electron chi connectivity index (χ2n) is 5.44. The fourth-order valence-electron chi connectivity index (χ4n) is 2.05. The van der Waals surface area contributed by atoms with Gasteiger partial charge in [0.25, 0.3) is 0 Å². The van der Waals surface area contributed by atoms with Crippen molar-refractivity contribution >= 4 is 11.9 Å². The molecular formula is C12H21NO4. The third kappa shape index (κ3) is 4.73. The van der Waals surface area contributed by atoms with Gasteiger partial charge < -0.3 is 15.2 Å². The molecule has 0 bridgehead atoms. The van der Waals surface area contributed by atoms with E-state index in [1.807, 2.05) is 20.8 Å². The number of hydrogen-bond acceptors (Lipinski definition) is 4. The molecule has 0 saturated carbocycles. The molecule has 1 aliphatic rings. The summed E-state index contributed by atoms with van der Waals surface area (Å²) in [5.74, 6) is -1.06. The van der Waals surface area contributed by atoms with Gasteiger partial charge in [0.2, 0.25) is 0 Å². The van der Waals surface area contributed by atoms with Crippen LogP contribution in [0.5, 0.6) is 0 Å². The maximum atomic E-state index is 11.5. The first-order valence-corrected chi connectivity index (χ1v) is 5.97. The molecule has 1 saturated heterocycles. The summed E-state index contributed by atoms with van der Waals surface area (Å²) >= 11 is 0. The highest BCUT2D eigenvalue weighted by atomic mass is 16.6. The van der Waals surface area contributed by atoms with Crippen LogP contribution < -0.4 is 5.32 Å². The van der Waals surface area contributed by atoms with Crippen molar-refractivity contribution in [2.24, 2.45) is 5.92 Å². The van der Waals surface area contributed by atoms with E-state index in [0.29, 0.717) is 13.0 Å². The SMILES string of the molecule is CC(C)(C)OC(=O)CC[C@@H]1CCN[C@@H]1C(=O)O. The van der Waals surface area contributed by atoms with Gasteiger partial charge in [0, 0.05) is 6.42 Å². The summed E-state index contributed by atoms with van der Waals surface area (Å²) in [6, 6.07) is -0.516. The molecule has 0 aromatic carbocycles. The van der Waals surface area contributed by atoms with E-state index >= 15 is 0 Å². The molecule has 2 atom stereocenters. The first-order valence-electron chi connectivity index (χ1n) is 5.97. The lowest BCUT2D eigenvalue weighted by molar-refractivity contribution is -0.155. The Labute approximate surface area is 102 Å². The largest absolute Gasteiger partial charge is 0.480 e. The van der Waals surface area contributed by atoms with Crippen molar-refractivity contribution in [1.82, 2.24) is 5.32 Å². The lowest BCUT2D eigenvalue weighted by Crippen LogP contribution is -2.35. The van der Waals surface area contributed by atoms with Gasteiger partial charge in [0.1, 0.15) is 11.6 Å². The number of carboxylic acids is 1. The first kappa shape index (κ1) is 14.0. The molecule has 2 N–H and O–H groups in total. The van der Waals surface area contributed by atoms with E-state index in [1.54, 1.807) is 0 Å². The number of rotatable bonds is 4. The highest BCUT2D eigenvalue weighted by molar-refractivity contribution is 5.74. The minimum absolute atomic E-state index is 0.0278. The zero-order valence-corrected chi connectivity index (χ0v) is 10.7. The van der Waals surface area contributed by atoms with Crippen LogP contribution in [0.25, 0.3) is 0 Å². The van der Waals surface area contributed by atoms with E-state index in [9.17, 15) is 9.59 Å². The molecule has 1 rings (SSSR count). The summed E-state index contributed by atoms with van der Waals surface area (Å²) in [5.41, 5.74) is -0.475. The van der Waals surface area contributed by atoms with Crippen molar-refractivity contribution in [2.75, 3.05) is 6.54 Å². The summed E-state index contributed by atoms with van der Waals surface area (Å²) in [7, 11) is 0. The number of carbonyl (C=O) groups excluding carboxylic acids is 1. The van der Waals surface area contributed by atoms with E-state index in [4.69, 9.17) is 9.84 Å². The summed E-state index contributed by atoms with van der Waals surface area (Å²) in [5, 5.41) is 11.9. The van der Waals surface area contributed by atoms with E-state index in [2.05, 4.69) is 5.32 Å². The molecule has 0 radical (unpaired) electrons. The van der Waals surface area contributed by atoms with Gasteiger partial charge in [-0.15, -0.1) is 0 Å². The van der Waals surface area contributed by atoms with Gasteiger partial charge in [0.05, 0.1) is 0 Å². The molecule has 0 unspecified atom stereocenters. The number of ether oxygens (including phenoxy) is 1. The number of carbonyl (C=O) groups is 2. The second-order valence-corrected chi connectivity index (χ2v) is 5.44. The number of hydrogen-bond donors (Lipinski definition) is 2. The van der Waals surface area contributed by atoms with Gasteiger partial charge in [-0.3, -0.25) is 9.59 Å². The molecule has 5 heteroatoms. The van der Waals surface area contributed by atoms with E-state index in [0.717, 1.165) is 6.42 Å². The lowest BCUT2D eigenvalue weighted by Gasteiger charge is -2.20. The van der Waals surface area contributed by atoms with Crippen molar-refractivity contribution in [2.45, 2.75) is 51.7 Å². The Hall–Kier alpha value is -1.10. The molecule has 1 fully saturated rings. The molecule has 5 nitrogen and oxygen atoms in total. The number of esters is 1. The van der Waals surface area contributed by atoms with Crippen molar-refractivity contribution in [3.05, 3.63) is 0 Å². The van der Waals surface area contributed by atoms with Gasteiger partial charge >= 0.3 is 11.9 Å². The average Bonchev–Trinajstić information content (AvgIpc) is 2.59. The quantitative estimate of drug-likeness (QED) is 0.725. The predicted octanol–water partition coefficient (Wildman–Crippen LogP) is 1.17. The molecule has 0 aromatic heterocycles. The molecule has 0 aliphatic carbocycles. The van der Waals surface area contributed by atoms with Crippen molar-refractivity contribution in [3.8, 4) is 0 Å².